The van der Waals surface area contributed by atoms with E-state index in [0.717, 1.165) is 11.1 Å². The Kier molecular flexibility index (Phi) is 5.93. The molecule has 7 heteroatoms. The van der Waals surface area contributed by atoms with Gasteiger partial charge in [-0.1, -0.05) is 38.1 Å². The van der Waals surface area contributed by atoms with Gasteiger partial charge in [-0.15, -0.1) is 0 Å². The van der Waals surface area contributed by atoms with Gasteiger partial charge in [-0.3, -0.25) is 9.59 Å². The second-order valence-corrected chi connectivity index (χ2v) is 8.69. The molecule has 32 heavy (non-hydrogen) atoms. The number of hydrogen-bond acceptors (Lipinski definition) is 6. The number of ether oxygens (including phenoxy) is 2. The molecule has 0 aromatic heterocycles. The summed E-state index contributed by atoms with van der Waals surface area (Å²) < 4.78 is 10.7. The van der Waals surface area contributed by atoms with E-state index in [2.05, 4.69) is 13.8 Å². The molecule has 1 amide bonds. The van der Waals surface area contributed by atoms with Crippen LogP contribution in [0.4, 0.5) is 0 Å². The fourth-order valence-electron chi connectivity index (χ4n) is 4.03. The van der Waals surface area contributed by atoms with Crippen molar-refractivity contribution in [2.45, 2.75) is 25.8 Å². The molecular weight excluding hydrogens is 408 g/mol. The second kappa shape index (κ2) is 8.67. The number of likely N-dealkylation sites (N-methyl/N-ethyl adjacent to an activating group) is 1. The number of rotatable bonds is 6. The van der Waals surface area contributed by atoms with Gasteiger partial charge in [0.15, 0.2) is 11.5 Å². The first-order valence-corrected chi connectivity index (χ1v) is 10.7. The fourth-order valence-corrected chi connectivity index (χ4v) is 4.03. The minimum atomic E-state index is -0.683. The number of likely N-dealkylation sites (tertiary alicyclic amines) is 1. The van der Waals surface area contributed by atoms with Gasteiger partial charge in [-0.05, 0) is 49.3 Å². The molecule has 2 aromatic carbocycles. The Morgan fingerprint density at radius 1 is 1.09 bits per heavy atom. The lowest BCUT2D eigenvalue weighted by Crippen LogP contribution is -2.35. The molecule has 7 nitrogen and oxygen atoms in total. The van der Waals surface area contributed by atoms with Gasteiger partial charge in [0.1, 0.15) is 5.76 Å². The van der Waals surface area contributed by atoms with Gasteiger partial charge in [-0.2, -0.15) is 0 Å². The SMILES string of the molecule is CC(C)c1ccc([C@@H]2C(=C(O)c3ccc4c(c3)OCO4)C(=O)C(=O)N2CCN(C)C)cc1. The Bertz CT molecular complexity index is 1070. The van der Waals surface area contributed by atoms with E-state index in [1.54, 1.807) is 23.1 Å². The van der Waals surface area contributed by atoms with Crippen molar-refractivity contribution in [3.05, 3.63) is 64.7 Å². The van der Waals surface area contributed by atoms with Crippen LogP contribution in [0.1, 0.15) is 42.5 Å². The van der Waals surface area contributed by atoms with Gasteiger partial charge in [0.05, 0.1) is 11.6 Å². The van der Waals surface area contributed by atoms with Crippen LogP contribution in [-0.2, 0) is 9.59 Å². The van der Waals surface area contributed by atoms with Crippen molar-refractivity contribution in [2.75, 3.05) is 34.0 Å². The normalized spacial score (nSPS) is 19.4. The van der Waals surface area contributed by atoms with E-state index >= 15 is 0 Å². The number of fused-ring (bicyclic) bond motifs is 1. The molecule has 4 rings (SSSR count). The van der Waals surface area contributed by atoms with Crippen LogP contribution in [0.2, 0.25) is 0 Å². The third-order valence-electron chi connectivity index (χ3n) is 5.89. The maximum absolute atomic E-state index is 13.1. The van der Waals surface area contributed by atoms with E-state index in [4.69, 9.17) is 9.47 Å². The molecule has 0 radical (unpaired) electrons. The maximum atomic E-state index is 13.1. The zero-order valence-electron chi connectivity index (χ0n) is 18.8. The van der Waals surface area contributed by atoms with Crippen LogP contribution < -0.4 is 9.47 Å². The Balaban J connectivity index is 1.81. The van der Waals surface area contributed by atoms with Gasteiger partial charge in [0.25, 0.3) is 11.7 Å². The number of Topliss-reactive ketones (excluding diaryl/α,β-unsaturated/α-hetero) is 1. The lowest BCUT2D eigenvalue weighted by molar-refractivity contribution is -0.140. The minimum absolute atomic E-state index is 0.0879. The highest BCUT2D eigenvalue weighted by atomic mass is 16.7. The summed E-state index contributed by atoms with van der Waals surface area (Å²) in [4.78, 5) is 29.6. The molecule has 0 unspecified atom stereocenters. The number of carbonyl (C=O) groups excluding carboxylic acids is 2. The van der Waals surface area contributed by atoms with Crippen molar-refractivity contribution >= 4 is 17.4 Å². The highest BCUT2D eigenvalue weighted by Gasteiger charge is 2.46. The topological polar surface area (TPSA) is 79.3 Å². The van der Waals surface area contributed by atoms with Crippen LogP contribution in [-0.4, -0.2) is 60.6 Å². The largest absolute Gasteiger partial charge is 0.507 e. The quantitative estimate of drug-likeness (QED) is 0.424. The number of ketones is 1. The van der Waals surface area contributed by atoms with Crippen LogP contribution in [0.5, 0.6) is 11.5 Å². The van der Waals surface area contributed by atoms with Crippen LogP contribution in [0.15, 0.2) is 48.0 Å². The first kappa shape index (κ1) is 21.9. The highest BCUT2D eigenvalue weighted by molar-refractivity contribution is 6.46. The smallest absolute Gasteiger partial charge is 0.295 e. The third kappa shape index (κ3) is 3.96. The molecular formula is C25H28N2O5. The molecule has 0 saturated carbocycles. The Labute approximate surface area is 187 Å². The fraction of sp³-hybridized carbons (Fsp3) is 0.360. The summed E-state index contributed by atoms with van der Waals surface area (Å²) in [6.07, 6.45) is 0. The van der Waals surface area contributed by atoms with E-state index < -0.39 is 17.7 Å². The van der Waals surface area contributed by atoms with Crippen LogP contribution >= 0.6 is 0 Å². The molecule has 1 fully saturated rings. The van der Waals surface area contributed by atoms with Gasteiger partial charge in [0, 0.05) is 18.7 Å². The number of nitrogens with zero attached hydrogens (tertiary/aromatic N) is 2. The Morgan fingerprint density at radius 2 is 1.78 bits per heavy atom. The summed E-state index contributed by atoms with van der Waals surface area (Å²) in [5.41, 5.74) is 2.44. The van der Waals surface area contributed by atoms with Crippen LogP contribution in [0.25, 0.3) is 5.76 Å². The number of aliphatic hydroxyl groups excluding tert-OH is 1. The second-order valence-electron chi connectivity index (χ2n) is 8.69. The average molecular weight is 437 g/mol. The summed E-state index contributed by atoms with van der Waals surface area (Å²) in [7, 11) is 3.82. The van der Waals surface area contributed by atoms with E-state index in [1.165, 1.54) is 0 Å². The minimum Gasteiger partial charge on any atom is -0.507 e. The Hall–Kier alpha value is -3.32. The van der Waals surface area contributed by atoms with Crippen LogP contribution in [0, 0.1) is 0 Å². The molecule has 1 saturated heterocycles. The zero-order chi connectivity index (χ0) is 23.0. The predicted molar refractivity (Wildman–Crippen MR) is 121 cm³/mol. The third-order valence-corrected chi connectivity index (χ3v) is 5.89. The lowest BCUT2D eigenvalue weighted by Gasteiger charge is -2.27. The molecule has 2 heterocycles. The van der Waals surface area contributed by atoms with Gasteiger partial charge < -0.3 is 24.4 Å². The monoisotopic (exact) mass is 436 g/mol. The predicted octanol–water partition coefficient (Wildman–Crippen LogP) is 3.52. The van der Waals surface area contributed by atoms with Crippen molar-refractivity contribution in [3.63, 3.8) is 0 Å². The number of aliphatic hydroxyl groups is 1. The van der Waals surface area contributed by atoms with E-state index in [1.807, 2.05) is 43.3 Å². The molecule has 2 aliphatic rings. The molecule has 0 spiro atoms. The summed E-state index contributed by atoms with van der Waals surface area (Å²) >= 11 is 0. The van der Waals surface area contributed by atoms with Gasteiger partial charge >= 0.3 is 0 Å². The molecule has 0 bridgehead atoms. The number of carbonyl (C=O) groups is 2. The number of benzene rings is 2. The van der Waals surface area contributed by atoms with Crippen molar-refractivity contribution in [2.24, 2.45) is 0 Å². The summed E-state index contributed by atoms with van der Waals surface area (Å²) in [5.74, 6) is -0.0730. The molecule has 168 valence electrons. The van der Waals surface area contributed by atoms with Crippen LogP contribution in [0.3, 0.4) is 0 Å². The van der Waals surface area contributed by atoms with Crippen molar-refractivity contribution < 1.29 is 24.2 Å². The zero-order valence-corrected chi connectivity index (χ0v) is 18.8. The van der Waals surface area contributed by atoms with Crippen molar-refractivity contribution in [1.82, 2.24) is 9.80 Å². The standard InChI is InChI=1S/C25H28N2O5/c1-15(2)16-5-7-17(8-6-16)22-21(24(29)25(30)27(22)12-11-26(3)4)23(28)18-9-10-19-20(13-18)32-14-31-19/h5-10,13,15,22,28H,11-12,14H2,1-4H3/t22-/m1/s1. The first-order chi connectivity index (χ1) is 15.3. The van der Waals surface area contributed by atoms with Gasteiger partial charge in [-0.25, -0.2) is 0 Å². The Morgan fingerprint density at radius 3 is 2.44 bits per heavy atom. The van der Waals surface area contributed by atoms with Gasteiger partial charge in [0.2, 0.25) is 6.79 Å². The first-order valence-electron chi connectivity index (χ1n) is 10.7. The lowest BCUT2D eigenvalue weighted by atomic mass is 9.93. The molecule has 0 aliphatic carbocycles. The summed E-state index contributed by atoms with van der Waals surface area (Å²) in [6, 6.07) is 12.2. The molecule has 2 aromatic rings. The highest BCUT2D eigenvalue weighted by Crippen LogP contribution is 2.41. The number of amides is 1. The van der Waals surface area contributed by atoms with E-state index in [-0.39, 0.29) is 18.1 Å². The summed E-state index contributed by atoms with van der Waals surface area (Å²) in [6.45, 7) is 5.29. The average Bonchev–Trinajstić information content (AvgIpc) is 3.34. The number of hydrogen-bond donors (Lipinski definition) is 1. The van der Waals surface area contributed by atoms with Crippen molar-refractivity contribution in [1.29, 1.82) is 0 Å². The summed E-state index contributed by atoms with van der Waals surface area (Å²) in [5, 5.41) is 11.2. The maximum Gasteiger partial charge on any atom is 0.295 e. The molecule has 1 atom stereocenters. The van der Waals surface area contributed by atoms with E-state index in [9.17, 15) is 14.7 Å². The molecule has 1 N–H and O–H groups in total. The molecule has 2 aliphatic heterocycles. The van der Waals surface area contributed by atoms with E-state index in [0.29, 0.717) is 36.1 Å². The van der Waals surface area contributed by atoms with Crippen molar-refractivity contribution in [3.8, 4) is 11.5 Å².